The molecular formula is C15H12ClFN2O2. The van der Waals surface area contributed by atoms with E-state index in [0.717, 1.165) is 5.56 Å². The summed E-state index contributed by atoms with van der Waals surface area (Å²) < 4.78 is 19.1. The van der Waals surface area contributed by atoms with E-state index in [1.807, 2.05) is 6.07 Å². The van der Waals surface area contributed by atoms with Gasteiger partial charge in [-0.1, -0.05) is 23.7 Å². The van der Waals surface area contributed by atoms with Crippen LogP contribution in [0.4, 0.5) is 4.39 Å². The molecule has 0 aliphatic heterocycles. The van der Waals surface area contributed by atoms with Gasteiger partial charge < -0.3 is 9.73 Å². The van der Waals surface area contributed by atoms with E-state index >= 15 is 0 Å². The number of rotatable bonds is 3. The van der Waals surface area contributed by atoms with Crippen LogP contribution in [-0.2, 0) is 0 Å². The van der Waals surface area contributed by atoms with Gasteiger partial charge in [-0.2, -0.15) is 0 Å². The normalized spacial score (nSPS) is 12.7. The fourth-order valence-corrected chi connectivity index (χ4v) is 2.54. The number of hydrogen-bond acceptors (Lipinski definition) is 3. The molecule has 6 heteroatoms. The van der Waals surface area contributed by atoms with Crippen molar-refractivity contribution in [1.82, 2.24) is 10.3 Å². The molecule has 0 aliphatic carbocycles. The van der Waals surface area contributed by atoms with Gasteiger partial charge in [0.05, 0.1) is 11.6 Å². The second-order valence-corrected chi connectivity index (χ2v) is 5.09. The largest absolute Gasteiger partial charge is 0.417 e. The van der Waals surface area contributed by atoms with E-state index in [1.165, 1.54) is 6.07 Å². The minimum atomic E-state index is -0.513. The van der Waals surface area contributed by atoms with Gasteiger partial charge in [0.1, 0.15) is 5.82 Å². The van der Waals surface area contributed by atoms with Crippen molar-refractivity contribution in [3.05, 3.63) is 68.9 Å². The average Bonchev–Trinajstić information content (AvgIpc) is 2.81. The van der Waals surface area contributed by atoms with E-state index in [1.54, 1.807) is 31.3 Å². The highest BCUT2D eigenvalue weighted by Crippen LogP contribution is 2.27. The molecule has 21 heavy (non-hydrogen) atoms. The van der Waals surface area contributed by atoms with Crippen molar-refractivity contribution in [3.8, 4) is 0 Å². The molecule has 0 saturated heterocycles. The Kier molecular flexibility index (Phi) is 3.53. The summed E-state index contributed by atoms with van der Waals surface area (Å²) in [6.45, 7) is 0. The fraction of sp³-hybridized carbons (Fsp3) is 0.133. The predicted octanol–water partition coefficient (Wildman–Crippen LogP) is 3.22. The van der Waals surface area contributed by atoms with Crippen LogP contribution in [0.2, 0.25) is 5.02 Å². The van der Waals surface area contributed by atoms with E-state index in [0.29, 0.717) is 21.7 Å². The van der Waals surface area contributed by atoms with Crippen LogP contribution in [0.15, 0.2) is 45.6 Å². The Labute approximate surface area is 124 Å². The first-order valence-corrected chi connectivity index (χ1v) is 6.71. The van der Waals surface area contributed by atoms with Crippen LogP contribution < -0.4 is 11.1 Å². The average molecular weight is 307 g/mol. The highest BCUT2D eigenvalue weighted by molar-refractivity contribution is 6.30. The predicted molar refractivity (Wildman–Crippen MR) is 79.1 cm³/mol. The van der Waals surface area contributed by atoms with Crippen molar-refractivity contribution >= 4 is 22.7 Å². The van der Waals surface area contributed by atoms with Crippen molar-refractivity contribution < 1.29 is 8.81 Å². The molecule has 2 N–H and O–H groups in total. The summed E-state index contributed by atoms with van der Waals surface area (Å²) in [5.74, 6) is -0.904. The first-order chi connectivity index (χ1) is 10.1. The highest BCUT2D eigenvalue weighted by Gasteiger charge is 2.17. The van der Waals surface area contributed by atoms with E-state index in [2.05, 4.69) is 10.3 Å². The summed E-state index contributed by atoms with van der Waals surface area (Å²) in [5.41, 5.74) is 2.30. The number of hydrogen-bond donors (Lipinski definition) is 2. The maximum absolute atomic E-state index is 14.1. The fourth-order valence-electron chi connectivity index (χ4n) is 2.38. The maximum Gasteiger partial charge on any atom is 0.417 e. The minimum Gasteiger partial charge on any atom is -0.408 e. The van der Waals surface area contributed by atoms with Gasteiger partial charge in [0, 0.05) is 10.6 Å². The Morgan fingerprint density at radius 2 is 2.10 bits per heavy atom. The molecule has 0 aliphatic rings. The monoisotopic (exact) mass is 306 g/mol. The molecular weight excluding hydrogens is 295 g/mol. The lowest BCUT2D eigenvalue weighted by Gasteiger charge is -2.18. The highest BCUT2D eigenvalue weighted by atomic mass is 35.5. The zero-order valence-corrected chi connectivity index (χ0v) is 11.9. The molecule has 0 amide bonds. The number of aromatic amines is 1. The third-order valence-corrected chi connectivity index (χ3v) is 3.58. The number of aromatic nitrogens is 1. The van der Waals surface area contributed by atoms with Crippen LogP contribution >= 0.6 is 11.6 Å². The Morgan fingerprint density at radius 3 is 2.81 bits per heavy atom. The quantitative estimate of drug-likeness (QED) is 0.781. The lowest BCUT2D eigenvalue weighted by molar-refractivity contribution is 0.552. The Bertz CT molecular complexity index is 856. The first-order valence-electron chi connectivity index (χ1n) is 6.33. The molecule has 0 radical (unpaired) electrons. The van der Waals surface area contributed by atoms with Gasteiger partial charge in [-0.3, -0.25) is 4.98 Å². The third kappa shape index (κ3) is 2.57. The van der Waals surface area contributed by atoms with Crippen LogP contribution in [0.3, 0.4) is 0 Å². The number of nitrogens with one attached hydrogen (secondary N) is 2. The molecule has 0 saturated carbocycles. The number of H-pyrrole nitrogens is 1. The summed E-state index contributed by atoms with van der Waals surface area (Å²) >= 11 is 5.78. The summed E-state index contributed by atoms with van der Waals surface area (Å²) in [6, 6.07) is 9.43. The minimum absolute atomic E-state index is 0.346. The van der Waals surface area contributed by atoms with Crippen LogP contribution in [0.1, 0.15) is 17.2 Å². The van der Waals surface area contributed by atoms with Crippen molar-refractivity contribution in [1.29, 1.82) is 0 Å². The number of halogens is 2. The van der Waals surface area contributed by atoms with E-state index < -0.39 is 11.6 Å². The molecule has 1 heterocycles. The van der Waals surface area contributed by atoms with Gasteiger partial charge in [-0.15, -0.1) is 0 Å². The number of fused-ring (bicyclic) bond motifs is 1. The number of benzene rings is 2. The molecule has 0 spiro atoms. The molecule has 3 rings (SSSR count). The van der Waals surface area contributed by atoms with Gasteiger partial charge in [0.15, 0.2) is 5.58 Å². The van der Waals surface area contributed by atoms with Crippen LogP contribution in [0, 0.1) is 5.82 Å². The van der Waals surface area contributed by atoms with E-state index in [-0.39, 0.29) is 6.04 Å². The SMILES string of the molecule is CNC(c1ccc2[nH]c(=O)oc2c1)c1ccc(Cl)cc1F. The molecule has 2 aromatic carbocycles. The zero-order valence-electron chi connectivity index (χ0n) is 11.1. The van der Waals surface area contributed by atoms with Crippen molar-refractivity contribution in [2.45, 2.75) is 6.04 Å². The molecule has 4 nitrogen and oxygen atoms in total. The standard InChI is InChI=1S/C15H12ClFN2O2/c1-18-14(10-4-3-9(16)7-11(10)17)8-2-5-12-13(6-8)21-15(20)19-12/h2-7,14,18H,1H3,(H,19,20). The summed E-state index contributed by atoms with van der Waals surface area (Å²) in [7, 11) is 1.73. The number of oxazole rings is 1. The maximum atomic E-state index is 14.1. The molecule has 1 atom stereocenters. The third-order valence-electron chi connectivity index (χ3n) is 3.34. The van der Waals surface area contributed by atoms with Crippen LogP contribution in [0.25, 0.3) is 11.1 Å². The smallest absolute Gasteiger partial charge is 0.408 e. The second kappa shape index (κ2) is 5.35. The Morgan fingerprint density at radius 1 is 1.29 bits per heavy atom. The van der Waals surface area contributed by atoms with Gasteiger partial charge in [-0.05, 0) is 36.9 Å². The Balaban J connectivity index is 2.10. The van der Waals surface area contributed by atoms with Crippen LogP contribution in [0.5, 0.6) is 0 Å². The lowest BCUT2D eigenvalue weighted by Crippen LogP contribution is -2.18. The molecule has 108 valence electrons. The molecule has 1 unspecified atom stereocenters. The summed E-state index contributed by atoms with van der Waals surface area (Å²) in [4.78, 5) is 13.8. The molecule has 0 fully saturated rings. The topological polar surface area (TPSA) is 58.0 Å². The molecule has 0 bridgehead atoms. The van der Waals surface area contributed by atoms with Gasteiger partial charge in [-0.25, -0.2) is 9.18 Å². The van der Waals surface area contributed by atoms with Crippen molar-refractivity contribution in [3.63, 3.8) is 0 Å². The van der Waals surface area contributed by atoms with Gasteiger partial charge in [0.25, 0.3) is 0 Å². The lowest BCUT2D eigenvalue weighted by atomic mass is 9.98. The Hall–Kier alpha value is -2.11. The van der Waals surface area contributed by atoms with Crippen molar-refractivity contribution in [2.75, 3.05) is 7.05 Å². The van der Waals surface area contributed by atoms with Crippen molar-refractivity contribution in [2.24, 2.45) is 0 Å². The van der Waals surface area contributed by atoms with E-state index in [9.17, 15) is 9.18 Å². The first kappa shape index (κ1) is 13.9. The van der Waals surface area contributed by atoms with E-state index in [4.69, 9.17) is 16.0 Å². The zero-order chi connectivity index (χ0) is 15.0. The van der Waals surface area contributed by atoms with Crippen LogP contribution in [-0.4, -0.2) is 12.0 Å². The second-order valence-electron chi connectivity index (χ2n) is 4.66. The summed E-state index contributed by atoms with van der Waals surface area (Å²) in [5, 5.41) is 3.40. The van der Waals surface area contributed by atoms with Gasteiger partial charge >= 0.3 is 5.76 Å². The van der Waals surface area contributed by atoms with Gasteiger partial charge in [0.2, 0.25) is 0 Å². The molecule has 1 aromatic heterocycles. The molecule has 3 aromatic rings. The summed E-state index contributed by atoms with van der Waals surface area (Å²) in [6.07, 6.45) is 0.